The van der Waals surface area contributed by atoms with Gasteiger partial charge in [0.1, 0.15) is 22.4 Å². The zero-order valence-corrected chi connectivity index (χ0v) is 23.1. The molecule has 0 spiro atoms. The van der Waals surface area contributed by atoms with E-state index in [0.29, 0.717) is 37.6 Å². The average molecular weight is 531 g/mol. The van der Waals surface area contributed by atoms with Gasteiger partial charge in [0.15, 0.2) is 0 Å². The van der Waals surface area contributed by atoms with Crippen molar-refractivity contribution < 1.29 is 20.1 Å². The average Bonchev–Trinajstić information content (AvgIpc) is 3.44. The zero-order valence-electron chi connectivity index (χ0n) is 22.3. The number of anilines is 2. The van der Waals surface area contributed by atoms with Crippen molar-refractivity contribution in [3.63, 3.8) is 0 Å². The Labute approximate surface area is 221 Å². The van der Waals surface area contributed by atoms with Crippen LogP contribution < -0.4 is 10.6 Å². The summed E-state index contributed by atoms with van der Waals surface area (Å²) in [6.07, 6.45) is 1.00. The second-order valence-corrected chi connectivity index (χ2v) is 11.0. The minimum atomic E-state index is -1.07. The molecule has 5 N–H and O–H groups in total. The molecular formula is C26H38N6O4S. The van der Waals surface area contributed by atoms with Gasteiger partial charge in [0.25, 0.3) is 0 Å². The van der Waals surface area contributed by atoms with Gasteiger partial charge >= 0.3 is 0 Å². The lowest BCUT2D eigenvalue weighted by molar-refractivity contribution is -0.0843. The number of methoxy groups -OCH3 is 1. The van der Waals surface area contributed by atoms with Crippen molar-refractivity contribution in [2.24, 2.45) is 5.92 Å². The molecule has 4 rings (SSSR count). The molecule has 1 fully saturated rings. The van der Waals surface area contributed by atoms with E-state index in [1.165, 1.54) is 11.3 Å². The summed E-state index contributed by atoms with van der Waals surface area (Å²) in [5.74, 6) is 0.477. The quantitative estimate of drug-likeness (QED) is 0.265. The van der Waals surface area contributed by atoms with E-state index in [1.54, 1.807) is 13.3 Å². The van der Waals surface area contributed by atoms with E-state index in [9.17, 15) is 15.3 Å². The van der Waals surface area contributed by atoms with Crippen molar-refractivity contribution in [2.45, 2.75) is 83.8 Å². The molecule has 1 aliphatic carbocycles. The highest BCUT2D eigenvalue weighted by molar-refractivity contribution is 7.21. The van der Waals surface area contributed by atoms with Gasteiger partial charge in [0.05, 0.1) is 45.5 Å². The molecule has 11 heteroatoms. The molecule has 0 saturated heterocycles. The third kappa shape index (κ3) is 5.42. The van der Waals surface area contributed by atoms with Crippen LogP contribution in [-0.2, 0) is 4.74 Å². The molecule has 10 nitrogen and oxygen atoms in total. The molecule has 0 bridgehead atoms. The molecule has 3 aromatic rings. The second kappa shape index (κ2) is 11.1. The summed E-state index contributed by atoms with van der Waals surface area (Å²) in [5, 5.41) is 40.3. The molecule has 0 radical (unpaired) electrons. The van der Waals surface area contributed by atoms with Gasteiger partial charge in [-0.3, -0.25) is 4.98 Å². The maximum absolute atomic E-state index is 11.1. The molecule has 1 unspecified atom stereocenters. The van der Waals surface area contributed by atoms with E-state index in [1.807, 2.05) is 40.7 Å². The van der Waals surface area contributed by atoms with Gasteiger partial charge < -0.3 is 30.7 Å². The van der Waals surface area contributed by atoms with Crippen LogP contribution in [0.1, 0.15) is 51.4 Å². The van der Waals surface area contributed by atoms with Gasteiger partial charge in [-0.15, -0.1) is 11.3 Å². The van der Waals surface area contributed by atoms with E-state index < -0.39 is 29.8 Å². The summed E-state index contributed by atoms with van der Waals surface area (Å²) in [6.45, 7) is 10.1. The molecule has 1 saturated carbocycles. The number of hydrogen-bond donors (Lipinski definition) is 5. The maximum atomic E-state index is 11.1. The van der Waals surface area contributed by atoms with Gasteiger partial charge in [0.2, 0.25) is 5.95 Å². The summed E-state index contributed by atoms with van der Waals surface area (Å²) in [7, 11) is 1.65. The predicted molar refractivity (Wildman–Crippen MR) is 146 cm³/mol. The number of aromatic nitrogens is 4. The van der Waals surface area contributed by atoms with Crippen molar-refractivity contribution in [3.05, 3.63) is 23.7 Å². The summed E-state index contributed by atoms with van der Waals surface area (Å²) in [6, 6.07) is 1.42. The largest absolute Gasteiger partial charge is 0.390 e. The number of fused-ring (bicyclic) bond motifs is 1. The molecule has 0 aliphatic heterocycles. The number of aryl methyl sites for hydroxylation is 2. The highest BCUT2D eigenvalue weighted by atomic mass is 32.1. The Kier molecular flexibility index (Phi) is 8.29. The Morgan fingerprint density at radius 3 is 2.51 bits per heavy atom. The molecule has 202 valence electrons. The lowest BCUT2D eigenvalue weighted by Crippen LogP contribution is -2.43. The van der Waals surface area contributed by atoms with Crippen LogP contribution in [0, 0.1) is 19.8 Å². The Hall–Kier alpha value is -2.44. The van der Waals surface area contributed by atoms with Crippen LogP contribution in [0.5, 0.6) is 0 Å². The minimum Gasteiger partial charge on any atom is -0.390 e. The van der Waals surface area contributed by atoms with Crippen LogP contribution in [0.25, 0.3) is 20.8 Å². The van der Waals surface area contributed by atoms with Gasteiger partial charge in [-0.25, -0.2) is 9.97 Å². The first-order chi connectivity index (χ1) is 17.6. The molecule has 3 heterocycles. The van der Waals surface area contributed by atoms with Crippen LogP contribution in [0.3, 0.4) is 0 Å². The molecule has 37 heavy (non-hydrogen) atoms. The Morgan fingerprint density at radius 2 is 1.86 bits per heavy atom. The number of nitrogens with zero attached hydrogens (tertiary/aromatic N) is 4. The van der Waals surface area contributed by atoms with Gasteiger partial charge in [-0.2, -0.15) is 4.98 Å². The van der Waals surface area contributed by atoms with Crippen LogP contribution >= 0.6 is 11.3 Å². The SMILES string of the molecule is CCC(O)(CC)[C@H]1CC(Nc2nc(NC[C@@H](C)OC)nc(C)c2-c2nc3c(C)nccc3s2)[C@H](O)[C@@H]1O. The molecule has 0 aromatic carbocycles. The predicted octanol–water partition coefficient (Wildman–Crippen LogP) is 3.29. The van der Waals surface area contributed by atoms with Crippen molar-refractivity contribution >= 4 is 33.3 Å². The van der Waals surface area contributed by atoms with Crippen LogP contribution in [0.2, 0.25) is 0 Å². The van der Waals surface area contributed by atoms with Crippen LogP contribution in [0.4, 0.5) is 11.8 Å². The standard InChI is InChI=1S/C26H38N6O4S/c1-7-26(35,8-2)16-11-17(22(34)21(16)33)30-23-19(14(4)29-25(32-23)28-12-13(3)36-6)24-31-20-15(5)27-10-9-18(20)37-24/h9-10,13,16-17,21-22,33-35H,7-8,11-12H2,1-6H3,(H2,28,29,30,32)/t13-,16+,17?,21-,22+/m1/s1. The Bertz CT molecular complexity index is 1230. The fourth-order valence-corrected chi connectivity index (χ4v) is 6.19. The number of aliphatic hydroxyl groups is 3. The maximum Gasteiger partial charge on any atom is 0.224 e. The summed E-state index contributed by atoms with van der Waals surface area (Å²) in [5.41, 5.74) is 2.07. The van der Waals surface area contributed by atoms with Crippen molar-refractivity contribution in [1.29, 1.82) is 0 Å². The van der Waals surface area contributed by atoms with Gasteiger partial charge in [0, 0.05) is 25.8 Å². The van der Waals surface area contributed by atoms with Crippen molar-refractivity contribution in [2.75, 3.05) is 24.3 Å². The fraction of sp³-hybridized carbons (Fsp3) is 0.615. The minimum absolute atomic E-state index is 0.0342. The van der Waals surface area contributed by atoms with E-state index in [2.05, 4.69) is 20.6 Å². The summed E-state index contributed by atoms with van der Waals surface area (Å²) in [4.78, 5) is 18.7. The Balaban J connectivity index is 1.74. The fourth-order valence-electron chi connectivity index (χ4n) is 5.08. The lowest BCUT2D eigenvalue weighted by atomic mass is 9.80. The number of ether oxygens (including phenoxy) is 1. The number of hydrogen-bond acceptors (Lipinski definition) is 11. The monoisotopic (exact) mass is 530 g/mol. The Morgan fingerprint density at radius 1 is 1.14 bits per heavy atom. The third-order valence-corrected chi connectivity index (χ3v) is 8.70. The smallest absolute Gasteiger partial charge is 0.224 e. The van der Waals surface area contributed by atoms with Crippen LogP contribution in [-0.4, -0.2) is 78.9 Å². The molecular weight excluding hydrogens is 492 g/mol. The van der Waals surface area contributed by atoms with Crippen LogP contribution in [0.15, 0.2) is 12.3 Å². The number of nitrogens with one attached hydrogen (secondary N) is 2. The first-order valence-electron chi connectivity index (χ1n) is 12.8. The first-order valence-corrected chi connectivity index (χ1v) is 13.7. The first kappa shape index (κ1) is 27.6. The highest BCUT2D eigenvalue weighted by Crippen LogP contribution is 2.42. The summed E-state index contributed by atoms with van der Waals surface area (Å²) < 4.78 is 6.35. The zero-order chi connectivity index (χ0) is 26.9. The van der Waals surface area contributed by atoms with E-state index >= 15 is 0 Å². The topological polar surface area (TPSA) is 146 Å². The number of rotatable bonds is 10. The third-order valence-electron chi connectivity index (χ3n) is 7.66. The van der Waals surface area contributed by atoms with Crippen molar-refractivity contribution in [1.82, 2.24) is 19.9 Å². The molecule has 0 amide bonds. The van der Waals surface area contributed by atoms with Gasteiger partial charge in [-0.1, -0.05) is 13.8 Å². The second-order valence-electron chi connectivity index (χ2n) is 9.93. The number of aliphatic hydroxyl groups excluding tert-OH is 2. The van der Waals surface area contributed by atoms with E-state index in [0.717, 1.165) is 32.2 Å². The number of pyridine rings is 1. The van der Waals surface area contributed by atoms with Crippen molar-refractivity contribution in [3.8, 4) is 10.6 Å². The summed E-state index contributed by atoms with van der Waals surface area (Å²) >= 11 is 1.53. The molecule has 5 atom stereocenters. The molecule has 3 aromatic heterocycles. The molecule has 1 aliphatic rings. The van der Waals surface area contributed by atoms with Gasteiger partial charge in [-0.05, 0) is 46.1 Å². The van der Waals surface area contributed by atoms with E-state index in [4.69, 9.17) is 14.7 Å². The normalized spacial score (nSPS) is 22.9. The number of thiazole rings is 1. The van der Waals surface area contributed by atoms with E-state index in [-0.39, 0.29) is 6.10 Å². The highest BCUT2D eigenvalue weighted by Gasteiger charge is 2.50. The lowest BCUT2D eigenvalue weighted by Gasteiger charge is -2.34.